The molecule has 0 bridgehead atoms. The highest BCUT2D eigenvalue weighted by molar-refractivity contribution is 8.00. The summed E-state index contributed by atoms with van der Waals surface area (Å²) in [7, 11) is -3.42. The topological polar surface area (TPSA) is 75.3 Å². The number of para-hydroxylation sites is 1. The molecule has 1 amide bonds. The van der Waals surface area contributed by atoms with E-state index in [1.807, 2.05) is 67.6 Å². The fraction of sp³-hybridized carbons (Fsp3) is 0.208. The Hall–Kier alpha value is -2.48. The van der Waals surface area contributed by atoms with Crippen molar-refractivity contribution >= 4 is 45.0 Å². The van der Waals surface area contributed by atoms with Gasteiger partial charge in [0.2, 0.25) is 15.9 Å². The molecule has 2 N–H and O–H groups in total. The second-order valence-electron chi connectivity index (χ2n) is 7.40. The van der Waals surface area contributed by atoms with Crippen molar-refractivity contribution in [3.63, 3.8) is 0 Å². The Labute approximate surface area is 198 Å². The van der Waals surface area contributed by atoms with Gasteiger partial charge in [0.05, 0.1) is 29.0 Å². The second kappa shape index (κ2) is 10.9. The number of sulfonamides is 1. The van der Waals surface area contributed by atoms with E-state index in [1.165, 1.54) is 11.8 Å². The van der Waals surface area contributed by atoms with Gasteiger partial charge in [0.15, 0.2) is 0 Å². The fourth-order valence-electron chi connectivity index (χ4n) is 3.34. The zero-order chi connectivity index (χ0) is 23.1. The van der Waals surface area contributed by atoms with Gasteiger partial charge >= 0.3 is 0 Å². The highest BCUT2D eigenvalue weighted by atomic mass is 35.5. The van der Waals surface area contributed by atoms with E-state index in [2.05, 4.69) is 10.0 Å². The lowest BCUT2D eigenvalue weighted by atomic mass is 10.0. The standard InChI is InChI=1S/C24H25ClN2O3S2/c1-17(21-10-6-7-11-22(21)27-32(2,29)30)26-23(28)16-31-24(18-8-4-3-5-9-18)19-12-14-20(25)15-13-19/h3-15,17,24,27H,16H2,1-2H3,(H,26,28). The Morgan fingerprint density at radius 3 is 2.19 bits per heavy atom. The minimum absolute atomic E-state index is 0.0197. The van der Waals surface area contributed by atoms with Crippen molar-refractivity contribution in [2.24, 2.45) is 0 Å². The third kappa shape index (κ3) is 7.02. The number of carbonyl (C=O) groups is 1. The van der Waals surface area contributed by atoms with Crippen LogP contribution in [0.25, 0.3) is 0 Å². The first-order chi connectivity index (χ1) is 15.2. The molecule has 0 aromatic heterocycles. The van der Waals surface area contributed by atoms with E-state index >= 15 is 0 Å². The molecule has 0 fully saturated rings. The predicted octanol–water partition coefficient (Wildman–Crippen LogP) is 5.41. The van der Waals surface area contributed by atoms with Crippen LogP contribution in [0.5, 0.6) is 0 Å². The van der Waals surface area contributed by atoms with Crippen molar-refractivity contribution in [1.29, 1.82) is 0 Å². The molecule has 32 heavy (non-hydrogen) atoms. The van der Waals surface area contributed by atoms with Gasteiger partial charge < -0.3 is 5.32 Å². The zero-order valence-corrected chi connectivity index (χ0v) is 20.2. The molecule has 0 saturated carbocycles. The molecule has 0 aliphatic carbocycles. The van der Waals surface area contributed by atoms with Crippen LogP contribution in [0.15, 0.2) is 78.9 Å². The molecule has 0 heterocycles. The number of nitrogens with one attached hydrogen (secondary N) is 2. The Balaban J connectivity index is 1.70. The molecule has 0 aliphatic heterocycles. The summed E-state index contributed by atoms with van der Waals surface area (Å²) in [6, 6.07) is 24.3. The smallest absolute Gasteiger partial charge is 0.230 e. The van der Waals surface area contributed by atoms with Gasteiger partial charge in [-0.3, -0.25) is 9.52 Å². The monoisotopic (exact) mass is 488 g/mol. The summed E-state index contributed by atoms with van der Waals surface area (Å²) < 4.78 is 25.8. The Morgan fingerprint density at radius 1 is 0.938 bits per heavy atom. The number of anilines is 1. The molecule has 2 unspecified atom stereocenters. The van der Waals surface area contributed by atoms with Crippen LogP contribution >= 0.6 is 23.4 Å². The first-order valence-corrected chi connectivity index (χ1v) is 13.3. The number of amides is 1. The van der Waals surface area contributed by atoms with Crippen LogP contribution in [-0.2, 0) is 14.8 Å². The lowest BCUT2D eigenvalue weighted by Gasteiger charge is -2.20. The number of rotatable bonds is 9. The SMILES string of the molecule is CC(NC(=O)CSC(c1ccccc1)c1ccc(Cl)cc1)c1ccccc1NS(C)(=O)=O. The maximum atomic E-state index is 12.8. The van der Waals surface area contributed by atoms with Gasteiger partial charge in [-0.2, -0.15) is 0 Å². The molecular formula is C24H25ClN2O3S2. The van der Waals surface area contributed by atoms with E-state index in [4.69, 9.17) is 11.6 Å². The van der Waals surface area contributed by atoms with E-state index in [0.29, 0.717) is 16.3 Å². The zero-order valence-electron chi connectivity index (χ0n) is 17.8. The molecule has 168 valence electrons. The van der Waals surface area contributed by atoms with Gasteiger partial charge in [-0.1, -0.05) is 72.3 Å². The van der Waals surface area contributed by atoms with Gasteiger partial charge in [0.1, 0.15) is 0 Å². The molecular weight excluding hydrogens is 464 g/mol. The summed E-state index contributed by atoms with van der Waals surface area (Å²) in [5, 5.41) is 3.62. The molecule has 0 saturated heterocycles. The predicted molar refractivity (Wildman–Crippen MR) is 134 cm³/mol. The number of hydrogen-bond donors (Lipinski definition) is 2. The van der Waals surface area contributed by atoms with Crippen molar-refractivity contribution < 1.29 is 13.2 Å². The average Bonchev–Trinajstić information content (AvgIpc) is 2.75. The summed E-state index contributed by atoms with van der Waals surface area (Å²) in [5.41, 5.74) is 3.32. The van der Waals surface area contributed by atoms with Gasteiger partial charge in [-0.15, -0.1) is 11.8 Å². The van der Waals surface area contributed by atoms with E-state index in [1.54, 1.807) is 18.2 Å². The maximum Gasteiger partial charge on any atom is 0.230 e. The highest BCUT2D eigenvalue weighted by Gasteiger charge is 2.19. The molecule has 0 aliphatic rings. The van der Waals surface area contributed by atoms with Crippen LogP contribution < -0.4 is 10.0 Å². The van der Waals surface area contributed by atoms with Crippen molar-refractivity contribution in [2.75, 3.05) is 16.7 Å². The molecule has 3 aromatic carbocycles. The lowest BCUT2D eigenvalue weighted by Crippen LogP contribution is -2.29. The fourth-order valence-corrected chi connectivity index (χ4v) is 5.15. The van der Waals surface area contributed by atoms with Gasteiger partial charge in [-0.05, 0) is 41.8 Å². The van der Waals surface area contributed by atoms with Crippen LogP contribution in [0, 0.1) is 0 Å². The largest absolute Gasteiger partial charge is 0.349 e. The van der Waals surface area contributed by atoms with E-state index in [9.17, 15) is 13.2 Å². The molecule has 2 atom stereocenters. The summed E-state index contributed by atoms with van der Waals surface area (Å²) in [6.45, 7) is 1.83. The van der Waals surface area contributed by atoms with Crippen molar-refractivity contribution in [3.8, 4) is 0 Å². The molecule has 0 radical (unpaired) electrons. The molecule has 8 heteroatoms. The van der Waals surface area contributed by atoms with E-state index in [-0.39, 0.29) is 23.0 Å². The average molecular weight is 489 g/mol. The minimum Gasteiger partial charge on any atom is -0.349 e. The van der Waals surface area contributed by atoms with Crippen LogP contribution in [0.3, 0.4) is 0 Å². The van der Waals surface area contributed by atoms with Crippen molar-refractivity contribution in [1.82, 2.24) is 5.32 Å². The Kier molecular flexibility index (Phi) is 8.23. The minimum atomic E-state index is -3.42. The van der Waals surface area contributed by atoms with Crippen LogP contribution in [-0.4, -0.2) is 26.3 Å². The first kappa shape index (κ1) is 24.2. The van der Waals surface area contributed by atoms with Crippen LogP contribution in [0.4, 0.5) is 5.69 Å². The number of carbonyl (C=O) groups excluding carboxylic acids is 1. The van der Waals surface area contributed by atoms with Crippen LogP contribution in [0.2, 0.25) is 5.02 Å². The Bertz CT molecular complexity index is 1150. The molecule has 3 aromatic rings. The maximum absolute atomic E-state index is 12.8. The van der Waals surface area contributed by atoms with Gasteiger partial charge in [0, 0.05) is 5.02 Å². The summed E-state index contributed by atoms with van der Waals surface area (Å²) in [6.07, 6.45) is 1.10. The number of halogens is 1. The van der Waals surface area contributed by atoms with Crippen molar-refractivity contribution in [3.05, 3.63) is 101 Å². The first-order valence-electron chi connectivity index (χ1n) is 10.0. The summed E-state index contributed by atoms with van der Waals surface area (Å²) >= 11 is 7.57. The van der Waals surface area contributed by atoms with Crippen LogP contribution in [0.1, 0.15) is 34.9 Å². The van der Waals surface area contributed by atoms with E-state index in [0.717, 1.165) is 17.4 Å². The molecule has 0 spiro atoms. The third-order valence-electron chi connectivity index (χ3n) is 4.76. The molecule has 5 nitrogen and oxygen atoms in total. The third-order valence-corrected chi connectivity index (χ3v) is 6.91. The highest BCUT2D eigenvalue weighted by Crippen LogP contribution is 2.36. The van der Waals surface area contributed by atoms with E-state index < -0.39 is 10.0 Å². The number of thioether (sulfide) groups is 1. The molecule has 3 rings (SSSR count). The van der Waals surface area contributed by atoms with Gasteiger partial charge in [0.25, 0.3) is 0 Å². The number of benzene rings is 3. The second-order valence-corrected chi connectivity index (χ2v) is 10.7. The van der Waals surface area contributed by atoms with Gasteiger partial charge in [-0.25, -0.2) is 8.42 Å². The lowest BCUT2D eigenvalue weighted by molar-refractivity contribution is -0.119. The Morgan fingerprint density at radius 2 is 1.53 bits per heavy atom. The summed E-state index contributed by atoms with van der Waals surface area (Å²) in [4.78, 5) is 12.8. The normalized spacial score (nSPS) is 13.2. The van der Waals surface area contributed by atoms with Crippen molar-refractivity contribution in [2.45, 2.75) is 18.2 Å². The quantitative estimate of drug-likeness (QED) is 0.422. The number of hydrogen-bond acceptors (Lipinski definition) is 4. The summed E-state index contributed by atoms with van der Waals surface area (Å²) in [5.74, 6) is 0.111.